The van der Waals surface area contributed by atoms with Gasteiger partial charge in [0.1, 0.15) is 5.82 Å². The highest BCUT2D eigenvalue weighted by atomic mass is 19.1. The van der Waals surface area contributed by atoms with E-state index >= 15 is 0 Å². The molecule has 1 fully saturated rings. The Kier molecular flexibility index (Phi) is 6.35. The topological polar surface area (TPSA) is 56.6 Å². The number of methoxy groups -OCH3 is 1. The van der Waals surface area contributed by atoms with Gasteiger partial charge in [0.15, 0.2) is 0 Å². The van der Waals surface area contributed by atoms with Crippen molar-refractivity contribution in [3.05, 3.63) is 48.0 Å². The molecule has 26 heavy (non-hydrogen) atoms. The monoisotopic (exact) mass is 361 g/mol. The number of nitrogens with zero attached hydrogens (tertiary/aromatic N) is 3. The zero-order chi connectivity index (χ0) is 18.4. The molecule has 1 atom stereocenters. The molecular weight excluding hydrogens is 337 g/mol. The summed E-state index contributed by atoms with van der Waals surface area (Å²) in [5.74, 6) is -0.523. The number of esters is 1. The van der Waals surface area contributed by atoms with Crippen LogP contribution >= 0.6 is 0 Å². The average Bonchev–Trinajstić information content (AvgIpc) is 3.31. The molecule has 140 valence electrons. The molecule has 1 saturated heterocycles. The Hall–Kier alpha value is -2.25. The molecule has 7 heteroatoms. The van der Waals surface area contributed by atoms with Crippen molar-refractivity contribution >= 4 is 5.97 Å². The second-order valence-electron chi connectivity index (χ2n) is 6.43. The van der Waals surface area contributed by atoms with Gasteiger partial charge in [-0.15, -0.1) is 0 Å². The number of rotatable bonds is 8. The standard InChI is InChI=1S/C19H24FN3O3/c1-25-19(24)8-9-22(14-18-6-3-11-26-18)13-16-7-10-23(21-16)17-5-2-4-15(20)12-17/h2,4-5,7,10,12,18H,3,6,8-9,11,13-14H2,1H3. The van der Waals surface area contributed by atoms with Crippen molar-refractivity contribution in [2.24, 2.45) is 0 Å². The van der Waals surface area contributed by atoms with Crippen molar-refractivity contribution in [1.82, 2.24) is 14.7 Å². The van der Waals surface area contributed by atoms with Crippen molar-refractivity contribution in [2.45, 2.75) is 31.9 Å². The lowest BCUT2D eigenvalue weighted by molar-refractivity contribution is -0.141. The first kappa shape index (κ1) is 18.5. The van der Waals surface area contributed by atoms with Gasteiger partial charge in [-0.05, 0) is 37.1 Å². The van der Waals surface area contributed by atoms with E-state index in [1.807, 2.05) is 12.3 Å². The minimum absolute atomic E-state index is 0.193. The molecule has 0 bridgehead atoms. The first-order valence-corrected chi connectivity index (χ1v) is 8.85. The SMILES string of the molecule is COC(=O)CCN(Cc1ccn(-c2cccc(F)c2)n1)CC1CCCO1. The summed E-state index contributed by atoms with van der Waals surface area (Å²) < 4.78 is 25.5. The highest BCUT2D eigenvalue weighted by molar-refractivity contribution is 5.69. The smallest absolute Gasteiger partial charge is 0.306 e. The fourth-order valence-electron chi connectivity index (χ4n) is 3.10. The van der Waals surface area contributed by atoms with Gasteiger partial charge in [0.2, 0.25) is 0 Å². The Morgan fingerprint density at radius 1 is 1.46 bits per heavy atom. The fourth-order valence-corrected chi connectivity index (χ4v) is 3.10. The zero-order valence-electron chi connectivity index (χ0n) is 14.9. The van der Waals surface area contributed by atoms with Gasteiger partial charge < -0.3 is 9.47 Å². The molecule has 0 aliphatic carbocycles. The summed E-state index contributed by atoms with van der Waals surface area (Å²) in [4.78, 5) is 13.6. The van der Waals surface area contributed by atoms with Crippen molar-refractivity contribution in [3.63, 3.8) is 0 Å². The fraction of sp³-hybridized carbons (Fsp3) is 0.474. The molecule has 2 aromatic rings. The number of carbonyl (C=O) groups is 1. The van der Waals surface area contributed by atoms with E-state index in [0.717, 1.165) is 31.7 Å². The summed E-state index contributed by atoms with van der Waals surface area (Å²) in [6.45, 7) is 2.73. The third-order valence-electron chi connectivity index (χ3n) is 4.45. The summed E-state index contributed by atoms with van der Waals surface area (Å²) in [6.07, 6.45) is 4.44. The van der Waals surface area contributed by atoms with Crippen LogP contribution in [0.25, 0.3) is 5.69 Å². The van der Waals surface area contributed by atoms with Crippen LogP contribution in [0.1, 0.15) is 25.0 Å². The summed E-state index contributed by atoms with van der Waals surface area (Å²) in [5.41, 5.74) is 1.54. The Bertz CT molecular complexity index is 728. The zero-order valence-corrected chi connectivity index (χ0v) is 14.9. The van der Waals surface area contributed by atoms with Crippen LogP contribution in [0.4, 0.5) is 4.39 Å². The van der Waals surface area contributed by atoms with E-state index in [1.165, 1.54) is 19.2 Å². The van der Waals surface area contributed by atoms with Gasteiger partial charge in [0.05, 0.1) is 31.0 Å². The Labute approximate surface area is 152 Å². The molecule has 1 aliphatic heterocycles. The van der Waals surface area contributed by atoms with E-state index in [0.29, 0.717) is 25.2 Å². The molecule has 6 nitrogen and oxygen atoms in total. The number of hydrogen-bond acceptors (Lipinski definition) is 5. The first-order valence-electron chi connectivity index (χ1n) is 8.85. The molecule has 0 saturated carbocycles. The highest BCUT2D eigenvalue weighted by Gasteiger charge is 2.20. The lowest BCUT2D eigenvalue weighted by atomic mass is 10.2. The van der Waals surface area contributed by atoms with Crippen LogP contribution in [-0.4, -0.2) is 53.6 Å². The average molecular weight is 361 g/mol. The molecule has 3 rings (SSSR count). The predicted molar refractivity (Wildman–Crippen MR) is 94.4 cm³/mol. The molecule has 0 N–H and O–H groups in total. The van der Waals surface area contributed by atoms with Crippen LogP contribution in [0, 0.1) is 5.82 Å². The van der Waals surface area contributed by atoms with Crippen LogP contribution in [0.15, 0.2) is 36.5 Å². The molecule has 1 aromatic heterocycles. The number of hydrogen-bond donors (Lipinski definition) is 0. The number of carbonyl (C=O) groups excluding carboxylic acids is 1. The van der Waals surface area contributed by atoms with E-state index in [9.17, 15) is 9.18 Å². The molecule has 0 spiro atoms. The lowest BCUT2D eigenvalue weighted by Gasteiger charge is -2.24. The van der Waals surface area contributed by atoms with Crippen LogP contribution in [-0.2, 0) is 20.8 Å². The van der Waals surface area contributed by atoms with Gasteiger partial charge >= 0.3 is 5.97 Å². The quantitative estimate of drug-likeness (QED) is 0.677. The van der Waals surface area contributed by atoms with Crippen molar-refractivity contribution < 1.29 is 18.7 Å². The van der Waals surface area contributed by atoms with Gasteiger partial charge in [0.25, 0.3) is 0 Å². The number of halogens is 1. The van der Waals surface area contributed by atoms with Crippen LogP contribution in [0.3, 0.4) is 0 Å². The summed E-state index contributed by atoms with van der Waals surface area (Å²) in [5, 5.41) is 4.53. The minimum Gasteiger partial charge on any atom is -0.469 e. The maximum absolute atomic E-state index is 13.4. The van der Waals surface area contributed by atoms with Crippen LogP contribution < -0.4 is 0 Å². The number of benzene rings is 1. The first-order chi connectivity index (χ1) is 12.6. The van der Waals surface area contributed by atoms with Gasteiger partial charge in [-0.1, -0.05) is 6.07 Å². The van der Waals surface area contributed by atoms with Crippen LogP contribution in [0.2, 0.25) is 0 Å². The van der Waals surface area contributed by atoms with Gasteiger partial charge in [-0.3, -0.25) is 9.69 Å². The van der Waals surface area contributed by atoms with E-state index in [-0.39, 0.29) is 17.9 Å². The van der Waals surface area contributed by atoms with E-state index in [2.05, 4.69) is 10.00 Å². The maximum atomic E-state index is 13.4. The maximum Gasteiger partial charge on any atom is 0.306 e. The van der Waals surface area contributed by atoms with E-state index < -0.39 is 0 Å². The second-order valence-corrected chi connectivity index (χ2v) is 6.43. The number of ether oxygens (including phenoxy) is 2. The highest BCUT2D eigenvalue weighted by Crippen LogP contribution is 2.16. The second kappa shape index (κ2) is 8.91. The number of aromatic nitrogens is 2. The molecule has 1 unspecified atom stereocenters. The molecule has 1 aliphatic rings. The van der Waals surface area contributed by atoms with Crippen molar-refractivity contribution in [2.75, 3.05) is 26.8 Å². The molecule has 1 aromatic carbocycles. The predicted octanol–water partition coefficient (Wildman–Crippen LogP) is 2.56. The Morgan fingerprint density at radius 3 is 3.08 bits per heavy atom. The van der Waals surface area contributed by atoms with Gasteiger partial charge in [0, 0.05) is 32.4 Å². The normalized spacial score (nSPS) is 17.0. The van der Waals surface area contributed by atoms with E-state index in [1.54, 1.807) is 16.8 Å². The lowest BCUT2D eigenvalue weighted by Crippen LogP contribution is -2.33. The molecule has 0 radical (unpaired) electrons. The largest absolute Gasteiger partial charge is 0.469 e. The van der Waals surface area contributed by atoms with Crippen LogP contribution in [0.5, 0.6) is 0 Å². The van der Waals surface area contributed by atoms with Gasteiger partial charge in [-0.25, -0.2) is 9.07 Å². The minimum atomic E-state index is -0.294. The van der Waals surface area contributed by atoms with Crippen molar-refractivity contribution in [3.8, 4) is 5.69 Å². The Balaban J connectivity index is 1.66. The summed E-state index contributed by atoms with van der Waals surface area (Å²) >= 11 is 0. The third-order valence-corrected chi connectivity index (χ3v) is 4.45. The molecular formula is C19H24FN3O3. The summed E-state index contributed by atoms with van der Waals surface area (Å²) in [7, 11) is 1.40. The van der Waals surface area contributed by atoms with Crippen molar-refractivity contribution in [1.29, 1.82) is 0 Å². The molecule has 0 amide bonds. The summed E-state index contributed by atoms with van der Waals surface area (Å²) in [6, 6.07) is 8.22. The van der Waals surface area contributed by atoms with Gasteiger partial charge in [-0.2, -0.15) is 5.10 Å². The van der Waals surface area contributed by atoms with E-state index in [4.69, 9.17) is 9.47 Å². The molecule has 2 heterocycles. The Morgan fingerprint density at radius 2 is 2.35 bits per heavy atom. The third kappa shape index (κ3) is 5.12.